The summed E-state index contributed by atoms with van der Waals surface area (Å²) in [5.74, 6) is 1.29. The SMILES string of the molecule is CCCOc1ccc(C(C)NC(=O)c2n[nH]c3c2CNCC3)cc1OCCC. The van der Waals surface area contributed by atoms with E-state index < -0.39 is 0 Å². The van der Waals surface area contributed by atoms with Gasteiger partial charge in [-0.15, -0.1) is 0 Å². The molecule has 7 heteroatoms. The van der Waals surface area contributed by atoms with E-state index >= 15 is 0 Å². The Labute approximate surface area is 166 Å². The highest BCUT2D eigenvalue weighted by Gasteiger charge is 2.23. The number of ether oxygens (including phenoxy) is 2. The average Bonchev–Trinajstić information content (AvgIpc) is 3.15. The minimum Gasteiger partial charge on any atom is -0.490 e. The molecule has 0 aliphatic carbocycles. The zero-order chi connectivity index (χ0) is 19.9. The van der Waals surface area contributed by atoms with Gasteiger partial charge in [-0.1, -0.05) is 19.9 Å². The van der Waals surface area contributed by atoms with Gasteiger partial charge in [0.25, 0.3) is 5.91 Å². The summed E-state index contributed by atoms with van der Waals surface area (Å²) < 4.78 is 11.6. The van der Waals surface area contributed by atoms with E-state index in [9.17, 15) is 4.79 Å². The van der Waals surface area contributed by atoms with Crippen molar-refractivity contribution >= 4 is 5.91 Å². The van der Waals surface area contributed by atoms with Gasteiger partial charge in [0.2, 0.25) is 0 Å². The van der Waals surface area contributed by atoms with Crippen LogP contribution in [0.5, 0.6) is 11.5 Å². The number of carbonyl (C=O) groups is 1. The summed E-state index contributed by atoms with van der Waals surface area (Å²) in [6.07, 6.45) is 2.72. The Morgan fingerprint density at radius 2 is 1.96 bits per heavy atom. The van der Waals surface area contributed by atoms with Crippen molar-refractivity contribution in [2.45, 2.75) is 52.6 Å². The highest BCUT2D eigenvalue weighted by molar-refractivity contribution is 5.94. The third-order valence-electron chi connectivity index (χ3n) is 4.76. The highest BCUT2D eigenvalue weighted by Crippen LogP contribution is 2.31. The molecule has 7 nitrogen and oxygen atoms in total. The summed E-state index contributed by atoms with van der Waals surface area (Å²) in [7, 11) is 0. The lowest BCUT2D eigenvalue weighted by Crippen LogP contribution is -2.30. The van der Waals surface area contributed by atoms with Crippen LogP contribution >= 0.6 is 0 Å². The Hall–Kier alpha value is -2.54. The van der Waals surface area contributed by atoms with Crippen molar-refractivity contribution in [1.29, 1.82) is 0 Å². The minimum atomic E-state index is -0.180. The molecule has 0 saturated carbocycles. The van der Waals surface area contributed by atoms with Gasteiger partial charge in [0, 0.05) is 30.8 Å². The number of benzene rings is 1. The van der Waals surface area contributed by atoms with Crippen LogP contribution in [0.25, 0.3) is 0 Å². The topological polar surface area (TPSA) is 88.3 Å². The molecule has 1 aliphatic heterocycles. The smallest absolute Gasteiger partial charge is 0.272 e. The van der Waals surface area contributed by atoms with E-state index in [1.807, 2.05) is 25.1 Å². The summed E-state index contributed by atoms with van der Waals surface area (Å²) in [5.41, 5.74) is 3.45. The molecule has 2 aromatic rings. The molecule has 0 radical (unpaired) electrons. The van der Waals surface area contributed by atoms with Gasteiger partial charge in [-0.3, -0.25) is 9.89 Å². The summed E-state index contributed by atoms with van der Waals surface area (Å²) >= 11 is 0. The number of aromatic nitrogens is 2. The number of H-pyrrole nitrogens is 1. The summed E-state index contributed by atoms with van der Waals surface area (Å²) in [5, 5.41) is 13.6. The number of nitrogens with one attached hydrogen (secondary N) is 3. The molecule has 3 N–H and O–H groups in total. The van der Waals surface area contributed by atoms with E-state index in [4.69, 9.17) is 9.47 Å². The minimum absolute atomic E-state index is 0.170. The van der Waals surface area contributed by atoms with Crippen molar-refractivity contribution in [2.75, 3.05) is 19.8 Å². The zero-order valence-corrected chi connectivity index (χ0v) is 16.9. The molecule has 1 aromatic carbocycles. The summed E-state index contributed by atoms with van der Waals surface area (Å²) in [6, 6.07) is 5.66. The Balaban J connectivity index is 1.73. The maximum absolute atomic E-state index is 12.7. The second-order valence-electron chi connectivity index (χ2n) is 7.05. The van der Waals surface area contributed by atoms with Gasteiger partial charge in [0.05, 0.1) is 19.3 Å². The van der Waals surface area contributed by atoms with Crippen molar-refractivity contribution in [3.63, 3.8) is 0 Å². The lowest BCUT2D eigenvalue weighted by molar-refractivity contribution is 0.0933. The molecule has 152 valence electrons. The summed E-state index contributed by atoms with van der Waals surface area (Å²) in [6.45, 7) is 8.94. The first-order valence-electron chi connectivity index (χ1n) is 10.1. The van der Waals surface area contributed by atoms with E-state index in [-0.39, 0.29) is 11.9 Å². The van der Waals surface area contributed by atoms with Gasteiger partial charge in [-0.2, -0.15) is 5.10 Å². The Morgan fingerprint density at radius 3 is 2.71 bits per heavy atom. The Morgan fingerprint density at radius 1 is 1.21 bits per heavy atom. The third-order valence-corrected chi connectivity index (χ3v) is 4.76. The number of fused-ring (bicyclic) bond motifs is 1. The normalized spacial score (nSPS) is 14.2. The van der Waals surface area contributed by atoms with Gasteiger partial charge in [0.1, 0.15) is 0 Å². The molecule has 1 amide bonds. The molecule has 1 aromatic heterocycles. The number of carbonyl (C=O) groups excluding carboxylic acids is 1. The molecular weight excluding hydrogens is 356 g/mol. The maximum atomic E-state index is 12.7. The summed E-state index contributed by atoms with van der Waals surface area (Å²) in [4.78, 5) is 12.7. The fourth-order valence-electron chi connectivity index (χ4n) is 3.21. The van der Waals surface area contributed by atoms with Crippen molar-refractivity contribution < 1.29 is 14.3 Å². The van der Waals surface area contributed by atoms with E-state index in [1.165, 1.54) is 0 Å². The molecular formula is C21H30N4O3. The Bertz CT molecular complexity index is 803. The van der Waals surface area contributed by atoms with Crippen LogP contribution in [0.15, 0.2) is 18.2 Å². The van der Waals surface area contributed by atoms with Crippen LogP contribution in [-0.2, 0) is 13.0 Å². The van der Waals surface area contributed by atoms with Crippen molar-refractivity contribution in [3.8, 4) is 11.5 Å². The zero-order valence-electron chi connectivity index (χ0n) is 16.9. The first kappa shape index (κ1) is 20.2. The van der Waals surface area contributed by atoms with Gasteiger partial charge in [-0.25, -0.2) is 0 Å². The molecule has 0 fully saturated rings. The molecule has 0 saturated heterocycles. The predicted octanol–water partition coefficient (Wildman–Crippen LogP) is 3.12. The van der Waals surface area contributed by atoms with Crippen LogP contribution in [0.2, 0.25) is 0 Å². The van der Waals surface area contributed by atoms with E-state index in [0.717, 1.165) is 54.1 Å². The molecule has 1 unspecified atom stereocenters. The van der Waals surface area contributed by atoms with Crippen LogP contribution in [0.3, 0.4) is 0 Å². The van der Waals surface area contributed by atoms with Crippen LogP contribution in [0.1, 0.15) is 67.0 Å². The van der Waals surface area contributed by atoms with Crippen molar-refractivity contribution in [3.05, 3.63) is 40.7 Å². The standard InChI is InChI=1S/C21H30N4O3/c1-4-10-27-18-7-6-15(12-19(18)28-11-5-2)14(3)23-21(26)20-16-13-22-9-8-17(16)24-25-20/h6-7,12,14,22H,4-5,8-11,13H2,1-3H3,(H,23,26)(H,24,25). The average molecular weight is 386 g/mol. The number of hydrogen-bond donors (Lipinski definition) is 3. The van der Waals surface area contributed by atoms with Gasteiger partial charge < -0.3 is 20.1 Å². The predicted molar refractivity (Wildman–Crippen MR) is 108 cm³/mol. The molecule has 28 heavy (non-hydrogen) atoms. The number of amides is 1. The van der Waals surface area contributed by atoms with E-state index in [1.54, 1.807) is 0 Å². The first-order chi connectivity index (χ1) is 13.6. The van der Waals surface area contributed by atoms with Crippen LogP contribution in [0.4, 0.5) is 0 Å². The molecule has 0 bridgehead atoms. The first-order valence-corrected chi connectivity index (χ1v) is 10.1. The van der Waals surface area contributed by atoms with Crippen molar-refractivity contribution in [1.82, 2.24) is 20.8 Å². The Kier molecular flexibility index (Phi) is 6.92. The second-order valence-corrected chi connectivity index (χ2v) is 7.05. The maximum Gasteiger partial charge on any atom is 0.272 e. The van der Waals surface area contributed by atoms with Crippen molar-refractivity contribution in [2.24, 2.45) is 0 Å². The fraction of sp³-hybridized carbons (Fsp3) is 0.524. The largest absolute Gasteiger partial charge is 0.490 e. The van der Waals surface area contributed by atoms with Gasteiger partial charge >= 0.3 is 0 Å². The molecule has 3 rings (SSSR count). The quantitative estimate of drug-likeness (QED) is 0.616. The van der Waals surface area contributed by atoms with Crippen LogP contribution in [-0.4, -0.2) is 35.9 Å². The highest BCUT2D eigenvalue weighted by atomic mass is 16.5. The number of hydrogen-bond acceptors (Lipinski definition) is 5. The number of nitrogens with zero attached hydrogens (tertiary/aromatic N) is 1. The monoisotopic (exact) mass is 386 g/mol. The van der Waals surface area contributed by atoms with E-state index in [2.05, 4.69) is 34.7 Å². The van der Waals surface area contributed by atoms with E-state index in [0.29, 0.717) is 25.5 Å². The van der Waals surface area contributed by atoms with Gasteiger partial charge in [0.15, 0.2) is 17.2 Å². The molecule has 1 atom stereocenters. The second kappa shape index (κ2) is 9.59. The number of aromatic amines is 1. The van der Waals surface area contributed by atoms with Crippen LogP contribution < -0.4 is 20.1 Å². The lowest BCUT2D eigenvalue weighted by Gasteiger charge is -2.18. The van der Waals surface area contributed by atoms with Crippen LogP contribution in [0, 0.1) is 0 Å². The lowest BCUT2D eigenvalue weighted by atomic mass is 10.1. The molecule has 1 aliphatic rings. The third kappa shape index (κ3) is 4.65. The molecule has 2 heterocycles. The fourth-order valence-corrected chi connectivity index (χ4v) is 3.21. The number of rotatable bonds is 9. The van der Waals surface area contributed by atoms with Gasteiger partial charge in [-0.05, 0) is 37.5 Å². The molecule has 0 spiro atoms.